The number of rotatable bonds is 7. The third-order valence-corrected chi connectivity index (χ3v) is 8.68. The number of carbonyl (C=O) groups excluding carboxylic acids is 3. The van der Waals surface area contributed by atoms with Crippen LogP contribution < -0.4 is 10.1 Å². The molecule has 0 unspecified atom stereocenters. The highest BCUT2D eigenvalue weighted by Gasteiger charge is 2.70. The molecular formula is C35H29N3O4. The van der Waals surface area contributed by atoms with Crippen LogP contribution in [0.2, 0.25) is 0 Å². The summed E-state index contributed by atoms with van der Waals surface area (Å²) in [5.41, 5.74) is 2.55. The molecule has 1 N–H and O–H groups in total. The Morgan fingerprint density at radius 2 is 1.74 bits per heavy atom. The highest BCUT2D eigenvalue weighted by molar-refractivity contribution is 6.17. The van der Waals surface area contributed by atoms with Crippen LogP contribution in [-0.2, 0) is 10.2 Å². The van der Waals surface area contributed by atoms with Crippen molar-refractivity contribution < 1.29 is 19.1 Å². The van der Waals surface area contributed by atoms with Crippen LogP contribution in [0.4, 0.5) is 5.69 Å². The number of nitrogens with one attached hydrogen (secondary N) is 1. The number of para-hydroxylation sites is 2. The van der Waals surface area contributed by atoms with Gasteiger partial charge >= 0.3 is 0 Å². The molecule has 4 heterocycles. The maximum atomic E-state index is 14.8. The van der Waals surface area contributed by atoms with E-state index in [0.717, 1.165) is 17.5 Å². The molecule has 0 saturated carbocycles. The maximum Gasteiger partial charge on any atom is 0.238 e. The second kappa shape index (κ2) is 10.1. The van der Waals surface area contributed by atoms with Crippen molar-refractivity contribution in [1.82, 2.24) is 9.88 Å². The molecule has 1 amide bonds. The number of ether oxygens (including phenoxy) is 1. The van der Waals surface area contributed by atoms with E-state index in [1.54, 1.807) is 36.5 Å². The van der Waals surface area contributed by atoms with Gasteiger partial charge in [-0.1, -0.05) is 61.5 Å². The number of carbonyl (C=O) groups is 3. The Morgan fingerprint density at radius 3 is 2.57 bits per heavy atom. The number of aromatic nitrogens is 1. The van der Waals surface area contributed by atoms with Gasteiger partial charge in [0.1, 0.15) is 17.2 Å². The van der Waals surface area contributed by atoms with Crippen LogP contribution in [0, 0.1) is 5.92 Å². The smallest absolute Gasteiger partial charge is 0.238 e. The topological polar surface area (TPSA) is 88.6 Å². The van der Waals surface area contributed by atoms with E-state index >= 15 is 0 Å². The first kappa shape index (κ1) is 25.9. The number of ketones is 2. The lowest BCUT2D eigenvalue weighted by molar-refractivity contribution is -0.122. The van der Waals surface area contributed by atoms with Gasteiger partial charge in [0.15, 0.2) is 11.6 Å². The summed E-state index contributed by atoms with van der Waals surface area (Å²) >= 11 is 0. The van der Waals surface area contributed by atoms with Gasteiger partial charge in [-0.05, 0) is 59.5 Å². The highest BCUT2D eigenvalue weighted by atomic mass is 16.5. The number of pyridine rings is 1. The van der Waals surface area contributed by atoms with E-state index in [-0.39, 0.29) is 17.5 Å². The lowest BCUT2D eigenvalue weighted by Gasteiger charge is -2.38. The largest absolute Gasteiger partial charge is 0.493 e. The predicted octanol–water partition coefficient (Wildman–Crippen LogP) is 5.85. The van der Waals surface area contributed by atoms with E-state index < -0.39 is 23.4 Å². The van der Waals surface area contributed by atoms with Crippen molar-refractivity contribution in [3.63, 3.8) is 0 Å². The van der Waals surface area contributed by atoms with Gasteiger partial charge in [0.05, 0.1) is 24.1 Å². The van der Waals surface area contributed by atoms with Crippen LogP contribution in [0.15, 0.2) is 104 Å². The number of nitrogens with zero attached hydrogens (tertiary/aromatic N) is 2. The number of Topliss-reactive ketones (excluding diaryl/α,β-unsaturated/α-hetero) is 2. The molecule has 7 heteroatoms. The standard InChI is InChI=1S/C35H29N3O4/c1-2-20-42-28-16-8-5-13-25(28)32(40)30-29(31(39)23-11-9-18-36-21-23)35(26-14-6-7-15-27(26)37-34(35)41)33-24-12-4-3-10-22(24)17-19-38(30)33/h3-19,21,29-30,33H,2,20H2,1H3,(H,37,41)/t29-,30+,33+,35+/m1/s1. The van der Waals surface area contributed by atoms with E-state index in [2.05, 4.69) is 10.3 Å². The van der Waals surface area contributed by atoms with Gasteiger partial charge in [-0.3, -0.25) is 19.4 Å². The van der Waals surface area contributed by atoms with Crippen LogP contribution in [0.5, 0.6) is 5.75 Å². The van der Waals surface area contributed by atoms with Crippen LogP contribution in [0.3, 0.4) is 0 Å². The zero-order chi connectivity index (χ0) is 28.8. The Balaban J connectivity index is 1.52. The van der Waals surface area contributed by atoms with Crippen molar-refractivity contribution in [2.75, 3.05) is 11.9 Å². The summed E-state index contributed by atoms with van der Waals surface area (Å²) in [5.74, 6) is -1.46. The minimum atomic E-state index is -1.38. The van der Waals surface area contributed by atoms with Gasteiger partial charge in [0.2, 0.25) is 5.91 Å². The zero-order valence-corrected chi connectivity index (χ0v) is 23.1. The highest BCUT2D eigenvalue weighted by Crippen LogP contribution is 2.62. The molecular weight excluding hydrogens is 526 g/mol. The maximum absolute atomic E-state index is 14.8. The summed E-state index contributed by atoms with van der Waals surface area (Å²) in [6, 6.07) is 24.3. The Kier molecular flexibility index (Phi) is 6.23. The molecule has 1 spiro atoms. The fraction of sp³-hybridized carbons (Fsp3) is 0.200. The Hall–Kier alpha value is -5.04. The molecule has 1 fully saturated rings. The van der Waals surface area contributed by atoms with Crippen LogP contribution in [0.1, 0.15) is 56.8 Å². The molecule has 42 heavy (non-hydrogen) atoms. The summed E-state index contributed by atoms with van der Waals surface area (Å²) in [7, 11) is 0. The van der Waals surface area contributed by atoms with Crippen molar-refractivity contribution in [1.29, 1.82) is 0 Å². The molecule has 7 rings (SSSR count). The summed E-state index contributed by atoms with van der Waals surface area (Å²) in [6.07, 6.45) is 7.72. The summed E-state index contributed by atoms with van der Waals surface area (Å²) in [4.78, 5) is 50.3. The quantitative estimate of drug-likeness (QED) is 0.288. The van der Waals surface area contributed by atoms with Crippen LogP contribution in [-0.4, -0.2) is 40.0 Å². The molecule has 4 aromatic rings. The molecule has 0 aliphatic carbocycles. The van der Waals surface area contributed by atoms with Gasteiger partial charge < -0.3 is 15.0 Å². The van der Waals surface area contributed by atoms with Gasteiger partial charge in [-0.25, -0.2) is 0 Å². The van der Waals surface area contributed by atoms with Crippen molar-refractivity contribution >= 4 is 29.2 Å². The number of fused-ring (bicyclic) bond motifs is 6. The van der Waals surface area contributed by atoms with Gasteiger partial charge in [0, 0.05) is 29.8 Å². The molecule has 0 bridgehead atoms. The van der Waals surface area contributed by atoms with E-state index in [4.69, 9.17) is 4.74 Å². The molecule has 3 aromatic carbocycles. The molecule has 3 aliphatic rings. The number of hydrogen-bond acceptors (Lipinski definition) is 6. The third kappa shape index (κ3) is 3.66. The van der Waals surface area contributed by atoms with E-state index in [1.807, 2.05) is 78.7 Å². The molecule has 1 saturated heterocycles. The summed E-state index contributed by atoms with van der Waals surface area (Å²) in [5, 5.41) is 3.08. The van der Waals surface area contributed by atoms with Crippen molar-refractivity contribution in [3.8, 4) is 5.75 Å². The van der Waals surface area contributed by atoms with Gasteiger partial charge in [0.25, 0.3) is 0 Å². The first-order chi connectivity index (χ1) is 20.6. The van der Waals surface area contributed by atoms with Crippen molar-refractivity contribution in [2.24, 2.45) is 5.92 Å². The minimum Gasteiger partial charge on any atom is -0.493 e. The second-order valence-corrected chi connectivity index (χ2v) is 10.9. The second-order valence-electron chi connectivity index (χ2n) is 10.9. The summed E-state index contributed by atoms with van der Waals surface area (Å²) < 4.78 is 6.00. The van der Waals surface area contributed by atoms with E-state index in [9.17, 15) is 14.4 Å². The fourth-order valence-corrected chi connectivity index (χ4v) is 7.02. The third-order valence-electron chi connectivity index (χ3n) is 8.68. The first-order valence-electron chi connectivity index (χ1n) is 14.2. The number of anilines is 1. The number of hydrogen-bond donors (Lipinski definition) is 1. The lowest BCUT2D eigenvalue weighted by atomic mass is 9.62. The Labute approximate surface area is 243 Å². The zero-order valence-electron chi connectivity index (χ0n) is 23.1. The number of benzene rings is 3. The van der Waals surface area contributed by atoms with Gasteiger partial charge in [-0.2, -0.15) is 0 Å². The molecule has 208 valence electrons. The SMILES string of the molecule is CCCOc1ccccc1C(=O)[C@@H]1[C@H](C(=O)c2cccnc2)[C@]2(C(=O)Nc3ccccc32)[C@@H]2c3ccccc3C=CN12. The average molecular weight is 556 g/mol. The lowest BCUT2D eigenvalue weighted by Crippen LogP contribution is -2.49. The predicted molar refractivity (Wildman–Crippen MR) is 159 cm³/mol. The molecule has 7 nitrogen and oxygen atoms in total. The molecule has 3 aliphatic heterocycles. The molecule has 1 aromatic heterocycles. The Bertz CT molecular complexity index is 1750. The van der Waals surface area contributed by atoms with Crippen LogP contribution >= 0.6 is 0 Å². The van der Waals surface area contributed by atoms with E-state index in [0.29, 0.717) is 34.7 Å². The Morgan fingerprint density at radius 1 is 0.952 bits per heavy atom. The van der Waals surface area contributed by atoms with Crippen molar-refractivity contribution in [2.45, 2.75) is 30.8 Å². The molecule has 4 atom stereocenters. The minimum absolute atomic E-state index is 0.271. The van der Waals surface area contributed by atoms with E-state index in [1.165, 1.54) is 6.20 Å². The summed E-state index contributed by atoms with van der Waals surface area (Å²) in [6.45, 7) is 2.46. The van der Waals surface area contributed by atoms with Gasteiger partial charge in [-0.15, -0.1) is 0 Å². The van der Waals surface area contributed by atoms with Crippen LogP contribution in [0.25, 0.3) is 6.08 Å². The molecule has 0 radical (unpaired) electrons. The first-order valence-corrected chi connectivity index (χ1v) is 14.2. The van der Waals surface area contributed by atoms with Crippen molar-refractivity contribution in [3.05, 3.63) is 131 Å². The normalized spacial score (nSPS) is 23.2. The fourth-order valence-electron chi connectivity index (χ4n) is 7.02. The number of amides is 1. The monoisotopic (exact) mass is 555 g/mol. The average Bonchev–Trinajstić information content (AvgIpc) is 3.52.